The summed E-state index contributed by atoms with van der Waals surface area (Å²) in [6, 6.07) is 8.74. The largest absolute Gasteiger partial charge is 0.740 e. The van der Waals surface area contributed by atoms with E-state index in [9.17, 15) is 14.4 Å². The van der Waals surface area contributed by atoms with E-state index in [4.69, 9.17) is 18.0 Å². The molecule has 1 atom stereocenters. The molecule has 0 saturated heterocycles. The number of hydrogen-bond donors (Lipinski definition) is 0. The molecule has 1 rings (SSSR count). The van der Waals surface area contributed by atoms with E-state index in [-0.39, 0.29) is 0 Å². The number of carbonyl (C=O) groups is 3. The normalized spacial score (nSPS) is 12.9. The molecule has 0 saturated carbocycles. The van der Waals surface area contributed by atoms with E-state index in [1.807, 2.05) is 0 Å². The first-order valence-electron chi connectivity index (χ1n) is 7.76. The van der Waals surface area contributed by atoms with Crippen LogP contribution in [0.25, 0.3) is 0 Å². The molecule has 0 N–H and O–H groups in total. The van der Waals surface area contributed by atoms with Gasteiger partial charge in [0.1, 0.15) is 0 Å². The van der Waals surface area contributed by atoms with Gasteiger partial charge in [0.15, 0.2) is 5.73 Å². The highest BCUT2D eigenvalue weighted by molar-refractivity contribution is 6.66. The summed E-state index contributed by atoms with van der Waals surface area (Å²) < 4.78 is 22.0. The molecule has 0 aliphatic heterocycles. The number of carbonyl (C=O) groups excluding carboxylic acids is 3. The predicted octanol–water partition coefficient (Wildman–Crippen LogP) is 2.71. The average Bonchev–Trinajstić information content (AvgIpc) is 2.42. The van der Waals surface area contributed by atoms with Gasteiger partial charge in [-0.2, -0.15) is 0 Å². The first-order chi connectivity index (χ1) is 11.4. The smallest absolute Gasteiger partial charge is 0.454 e. The summed E-state index contributed by atoms with van der Waals surface area (Å²) in [6.45, 7) is 8.81. The van der Waals surface area contributed by atoms with Crippen LogP contribution in [0.5, 0.6) is 0 Å². The summed E-state index contributed by atoms with van der Waals surface area (Å²) in [6.07, 6.45) is 0. The maximum atomic E-state index is 11.7. The fourth-order valence-corrected chi connectivity index (χ4v) is 4.90. The van der Waals surface area contributed by atoms with E-state index in [1.54, 1.807) is 51.1 Å². The van der Waals surface area contributed by atoms with Gasteiger partial charge in [0.25, 0.3) is 17.9 Å². The van der Waals surface area contributed by atoms with Crippen LogP contribution in [-0.2, 0) is 32.4 Å². The number of benzene rings is 1. The fraction of sp³-hybridized carbons (Fsp3) is 0.471. The van der Waals surface area contributed by atoms with Crippen molar-refractivity contribution in [3.05, 3.63) is 35.9 Å². The highest BCUT2D eigenvalue weighted by Gasteiger charge is 2.62. The molecule has 1 unspecified atom stereocenters. The van der Waals surface area contributed by atoms with Gasteiger partial charge in [-0.15, -0.1) is 0 Å². The Morgan fingerprint density at radius 2 is 1.24 bits per heavy atom. The van der Waals surface area contributed by atoms with Gasteiger partial charge in [-0.3, -0.25) is 14.4 Å². The molecule has 0 spiro atoms. The molecular weight excluding hydrogens is 344 g/mol. The molecule has 25 heavy (non-hydrogen) atoms. The third kappa shape index (κ3) is 6.67. The van der Waals surface area contributed by atoms with Crippen LogP contribution in [0.2, 0.25) is 0 Å². The van der Waals surface area contributed by atoms with Gasteiger partial charge < -0.3 is 18.0 Å². The molecule has 0 heterocycles. The first-order valence-corrected chi connectivity index (χ1v) is 9.57. The lowest BCUT2D eigenvalue weighted by Gasteiger charge is -2.36. The third-order valence-electron chi connectivity index (χ3n) is 2.75. The number of ether oxygens (including phenoxy) is 1. The lowest BCUT2D eigenvalue weighted by Crippen LogP contribution is -2.56. The van der Waals surface area contributed by atoms with Crippen LogP contribution in [0.15, 0.2) is 30.3 Å². The van der Waals surface area contributed by atoms with Gasteiger partial charge in [-0.25, -0.2) is 0 Å². The second kappa shape index (κ2) is 8.26. The van der Waals surface area contributed by atoms with Gasteiger partial charge in [-0.1, -0.05) is 30.3 Å². The van der Waals surface area contributed by atoms with Crippen molar-refractivity contribution >= 4 is 26.7 Å². The van der Waals surface area contributed by atoms with Crippen molar-refractivity contribution in [3.8, 4) is 0 Å². The zero-order valence-electron chi connectivity index (χ0n) is 15.3. The van der Waals surface area contributed by atoms with Gasteiger partial charge in [0.05, 0.1) is 5.60 Å². The molecule has 138 valence electrons. The second-order valence-corrected chi connectivity index (χ2v) is 8.75. The predicted molar refractivity (Wildman–Crippen MR) is 91.1 cm³/mol. The standard InChI is InChI=1S/C17H24O7Si/c1-12(18)22-25(23-13(2)19,24-14(3)20)16(21-17(4,5)6)15-10-8-7-9-11-15/h7-11,16H,1-6H3. The summed E-state index contributed by atoms with van der Waals surface area (Å²) in [5.74, 6) is -2.23. The zero-order chi connectivity index (χ0) is 19.3. The van der Waals surface area contributed by atoms with Crippen molar-refractivity contribution in [2.75, 3.05) is 0 Å². The summed E-state index contributed by atoms with van der Waals surface area (Å²) in [5, 5.41) is 0. The molecule has 0 fully saturated rings. The molecule has 1 aromatic rings. The maximum absolute atomic E-state index is 11.7. The Kier molecular flexibility index (Phi) is 6.89. The Hall–Kier alpha value is -2.19. The Balaban J connectivity index is 3.55. The Morgan fingerprint density at radius 1 is 0.840 bits per heavy atom. The quantitative estimate of drug-likeness (QED) is 0.713. The van der Waals surface area contributed by atoms with E-state index >= 15 is 0 Å². The Bertz CT molecular complexity index is 581. The summed E-state index contributed by atoms with van der Waals surface area (Å²) in [5.41, 5.74) is -1.18. The summed E-state index contributed by atoms with van der Waals surface area (Å²) in [7, 11) is -4.24. The Labute approximate surface area is 148 Å². The van der Waals surface area contributed by atoms with Crippen molar-refractivity contribution in [2.45, 2.75) is 52.9 Å². The van der Waals surface area contributed by atoms with Crippen LogP contribution in [0.4, 0.5) is 0 Å². The Morgan fingerprint density at radius 3 is 1.56 bits per heavy atom. The van der Waals surface area contributed by atoms with Crippen molar-refractivity contribution in [3.63, 3.8) is 0 Å². The molecule has 0 aliphatic carbocycles. The van der Waals surface area contributed by atoms with Crippen molar-refractivity contribution in [1.29, 1.82) is 0 Å². The van der Waals surface area contributed by atoms with Gasteiger partial charge in [0, 0.05) is 20.8 Å². The molecule has 8 heteroatoms. The zero-order valence-corrected chi connectivity index (χ0v) is 16.3. The van der Waals surface area contributed by atoms with E-state index in [0.717, 1.165) is 20.8 Å². The highest BCUT2D eigenvalue weighted by Crippen LogP contribution is 2.35. The van der Waals surface area contributed by atoms with Crippen LogP contribution in [-0.4, -0.2) is 32.3 Å². The van der Waals surface area contributed by atoms with Gasteiger partial charge >= 0.3 is 8.80 Å². The summed E-state index contributed by atoms with van der Waals surface area (Å²) >= 11 is 0. The minimum Gasteiger partial charge on any atom is -0.454 e. The monoisotopic (exact) mass is 368 g/mol. The minimum atomic E-state index is -4.24. The van der Waals surface area contributed by atoms with Crippen LogP contribution in [0.1, 0.15) is 52.8 Å². The second-order valence-electron chi connectivity index (χ2n) is 6.41. The van der Waals surface area contributed by atoms with E-state index in [0.29, 0.717) is 5.56 Å². The molecule has 0 bridgehead atoms. The van der Waals surface area contributed by atoms with Crippen LogP contribution in [0.3, 0.4) is 0 Å². The molecular formula is C17H24O7Si. The average molecular weight is 368 g/mol. The third-order valence-corrected chi connectivity index (χ3v) is 5.56. The van der Waals surface area contributed by atoms with Crippen LogP contribution >= 0.6 is 0 Å². The van der Waals surface area contributed by atoms with Crippen molar-refractivity contribution in [1.82, 2.24) is 0 Å². The SMILES string of the molecule is CC(=O)O[Si](OC(C)=O)(OC(C)=O)C(OC(C)(C)C)c1ccccc1. The highest BCUT2D eigenvalue weighted by atomic mass is 28.4. The minimum absolute atomic E-state index is 0.563. The molecule has 0 radical (unpaired) electrons. The van der Waals surface area contributed by atoms with Crippen molar-refractivity contribution in [2.24, 2.45) is 0 Å². The number of hydrogen-bond acceptors (Lipinski definition) is 7. The van der Waals surface area contributed by atoms with E-state index in [2.05, 4.69) is 0 Å². The van der Waals surface area contributed by atoms with Gasteiger partial charge in [0.2, 0.25) is 0 Å². The molecule has 0 aliphatic rings. The molecule has 0 amide bonds. The first kappa shape index (κ1) is 20.9. The fourth-order valence-electron chi connectivity index (χ4n) is 2.15. The maximum Gasteiger partial charge on any atom is 0.740 e. The van der Waals surface area contributed by atoms with Crippen molar-refractivity contribution < 1.29 is 32.4 Å². The van der Waals surface area contributed by atoms with E-state index < -0.39 is 38.0 Å². The molecule has 0 aromatic heterocycles. The van der Waals surface area contributed by atoms with Gasteiger partial charge in [-0.05, 0) is 26.3 Å². The molecule has 1 aromatic carbocycles. The molecule has 7 nitrogen and oxygen atoms in total. The summed E-state index contributed by atoms with van der Waals surface area (Å²) in [4.78, 5) is 35.1. The lowest BCUT2D eigenvalue weighted by atomic mass is 10.2. The lowest BCUT2D eigenvalue weighted by molar-refractivity contribution is -0.154. The van der Waals surface area contributed by atoms with Crippen LogP contribution in [0, 0.1) is 0 Å². The van der Waals surface area contributed by atoms with E-state index in [1.165, 1.54) is 0 Å². The topological polar surface area (TPSA) is 88.1 Å². The number of rotatable bonds is 6. The van der Waals surface area contributed by atoms with Crippen LogP contribution < -0.4 is 0 Å².